The van der Waals surface area contributed by atoms with Crippen LogP contribution in [0.1, 0.15) is 0 Å². The molecule has 0 saturated carbocycles. The molecule has 0 saturated heterocycles. The van der Waals surface area contributed by atoms with E-state index in [0.717, 1.165) is 0 Å². The largest absolute Gasteiger partial charge is 0 e. The molecular formula is H8AlInIrNScSm. The van der Waals surface area contributed by atoms with E-state index < -0.39 is 0 Å². The molecule has 3 N–H and O–H groups in total. The van der Waals surface area contributed by atoms with E-state index in [9.17, 15) is 0 Å². The summed E-state index contributed by atoms with van der Waals surface area (Å²) in [4.78, 5) is 0. The van der Waals surface area contributed by atoms with Gasteiger partial charge in [-0.05, 0) is 0 Å². The van der Waals surface area contributed by atoms with Gasteiger partial charge in [0.05, 0.1) is 0 Å². The van der Waals surface area contributed by atoms with Crippen LogP contribution in [0.4, 0.5) is 0 Å². The Balaban J connectivity index is -0.000000000833. The smallest absolute Gasteiger partial charge is 0 e. The molecule has 1 nitrogen and oxygen atoms in total. The second-order valence-electron chi connectivity index (χ2n) is 0. The Kier molecular flexibility index (Phi) is 186. The van der Waals surface area contributed by atoms with Gasteiger partial charge in [-0.1, -0.05) is 0 Å². The van der Waals surface area contributed by atoms with Crippen molar-refractivity contribution in [3.8, 4) is 0 Å². The van der Waals surface area contributed by atoms with Crippen molar-refractivity contribution in [1.82, 2.24) is 6.15 Å². The van der Waals surface area contributed by atoms with Crippen LogP contribution in [-0.2, 0) is 42.7 Å². The van der Waals surface area contributed by atoms with Gasteiger partial charge in [0.1, 0.15) is 0 Å². The third-order valence-electron chi connectivity index (χ3n) is 0. The molecule has 0 atom stereocenters. The average Bonchev–Trinajstić information content (AvgIpc) is 1.00. The Labute approximate surface area is 125 Å². The molecule has 0 aromatic heterocycles. The van der Waals surface area contributed by atoms with Gasteiger partial charge in [-0.3, -0.25) is 0 Å². The molecule has 0 aromatic carbocycles. The van der Waals surface area contributed by atoms with Gasteiger partial charge in [0.25, 0.3) is 0 Å². The van der Waals surface area contributed by atoms with Gasteiger partial charge in [0, 0.05) is 66.2 Å². The maximum Gasteiger partial charge on any atom is 0 e. The van der Waals surface area contributed by atoms with Gasteiger partial charge >= 0.3 is 56.5 Å². The summed E-state index contributed by atoms with van der Waals surface area (Å²) in [7, 11) is 0. The summed E-state index contributed by atoms with van der Waals surface area (Å²) in [5.41, 5.74) is 0. The standard InChI is InChI=1S/Al.In.Ir.H3N.Sc.Sm.5H/h;;;1H3;;;;;;;. The van der Waals surface area contributed by atoms with Crippen LogP contribution >= 0.6 is 0 Å². The van der Waals surface area contributed by atoms with Gasteiger partial charge in [-0.25, -0.2) is 0 Å². The van der Waals surface area contributed by atoms with E-state index in [4.69, 9.17) is 0 Å². The van der Waals surface area contributed by atoms with Crippen LogP contribution < -0.4 is 6.15 Å². The molecule has 6 heavy (non-hydrogen) atoms. The van der Waals surface area contributed by atoms with Crippen molar-refractivity contribution in [2.24, 2.45) is 0 Å². The van der Waals surface area contributed by atoms with Crippen molar-refractivity contribution < 1.29 is 83.0 Å². The second-order valence-corrected chi connectivity index (χ2v) is 0. The van der Waals surface area contributed by atoms with Gasteiger partial charge < -0.3 is 6.15 Å². The van der Waals surface area contributed by atoms with Crippen molar-refractivity contribution >= 4 is 39.7 Å². The molecule has 0 amide bonds. The summed E-state index contributed by atoms with van der Waals surface area (Å²) in [5.74, 6) is 0. The third kappa shape index (κ3) is 24.1. The van der Waals surface area contributed by atoms with Crippen LogP contribution in [0.3, 0.4) is 0 Å². The first-order valence-corrected chi connectivity index (χ1v) is 8.19. The predicted octanol–water partition coefficient (Wildman–Crippen LogP) is -1.94. The first-order chi connectivity index (χ1) is 1.00. The van der Waals surface area contributed by atoms with E-state index in [-0.39, 0.29) is 98.2 Å². The summed E-state index contributed by atoms with van der Waals surface area (Å²) in [6.07, 6.45) is 0. The van der Waals surface area contributed by atoms with Crippen molar-refractivity contribution in [2.45, 2.75) is 0 Å². The van der Waals surface area contributed by atoms with Crippen LogP contribution in [0, 0.1) is 40.4 Å². The Hall–Kier alpha value is 4.22. The number of hydrogen-bond donors (Lipinski definition) is 1. The summed E-state index contributed by atoms with van der Waals surface area (Å²) >= 11 is 3.44. The Morgan fingerprint density at radius 1 is 1.17 bits per heavy atom. The summed E-state index contributed by atoms with van der Waals surface area (Å²) in [6.45, 7) is 0. The van der Waals surface area contributed by atoms with Crippen LogP contribution in [0.25, 0.3) is 0 Å². The van der Waals surface area contributed by atoms with Crippen LogP contribution in [0.5, 0.6) is 0 Å². The summed E-state index contributed by atoms with van der Waals surface area (Å²) < 4.78 is 0. The topological polar surface area (TPSA) is 35.0 Å². The average molecular weight is 551 g/mol. The minimum Gasteiger partial charge on any atom is 0 e. The molecule has 0 heterocycles. The number of rotatable bonds is 0. The third-order valence-corrected chi connectivity index (χ3v) is 0. The monoisotopic (exact) mass is 554 g/mol. The quantitative estimate of drug-likeness (QED) is 0.350. The van der Waals surface area contributed by atoms with Gasteiger partial charge in [-0.15, -0.1) is 0 Å². The van der Waals surface area contributed by atoms with E-state index >= 15 is 0 Å². The van der Waals surface area contributed by atoms with E-state index in [0.29, 0.717) is 0 Å². The zero-order chi connectivity index (χ0) is 2.00. The molecule has 0 rings (SSSR count). The normalized spacial score (nSPS) is 1.00. The molecule has 0 bridgehead atoms. The molecule has 0 aliphatic heterocycles. The fraction of sp³-hybridized carbons (Fsp3) is 0. The van der Waals surface area contributed by atoms with Gasteiger partial charge in [-0.2, -0.15) is 0 Å². The molecule has 0 fully saturated rings. The summed E-state index contributed by atoms with van der Waals surface area (Å²) in [5, 5.41) is 0. The molecule has 6 heteroatoms. The molecule has 0 aromatic rings. The fourth-order valence-electron chi connectivity index (χ4n) is 0. The molecular weight excluding hydrogens is 543 g/mol. The molecule has 0 unspecified atom stereocenters. The van der Waals surface area contributed by atoms with Crippen LogP contribution in [-0.4, -0.2) is 39.7 Å². The molecule has 0 spiro atoms. The van der Waals surface area contributed by atoms with Crippen molar-refractivity contribution in [3.63, 3.8) is 0 Å². The zero-order valence-corrected chi connectivity index (χ0v) is 11.8. The van der Waals surface area contributed by atoms with Crippen molar-refractivity contribution in [3.05, 3.63) is 0 Å². The van der Waals surface area contributed by atoms with Crippen LogP contribution in [0.15, 0.2) is 0 Å². The van der Waals surface area contributed by atoms with Gasteiger partial charge in [0.2, 0.25) is 0 Å². The summed E-state index contributed by atoms with van der Waals surface area (Å²) in [6, 6.07) is 0. The van der Waals surface area contributed by atoms with Crippen LogP contribution in [0.2, 0.25) is 0 Å². The Morgan fingerprint density at radius 2 is 1.17 bits per heavy atom. The van der Waals surface area contributed by atoms with E-state index in [1.54, 1.807) is 0 Å². The zero-order valence-electron chi connectivity index (χ0n) is 3.03. The second kappa shape index (κ2) is 35.0. The maximum absolute atomic E-state index is 2.14. The molecule has 0 aliphatic rings. The predicted molar refractivity (Wildman–Crippen MR) is 23.5 cm³/mol. The Bertz CT molecular complexity index is 15.5. The number of hydrogen-bond acceptors (Lipinski definition) is 1. The minimum atomic E-state index is 0. The first kappa shape index (κ1) is 31.9. The molecule has 37 valence electrons. The van der Waals surface area contributed by atoms with Crippen molar-refractivity contribution in [2.75, 3.05) is 0 Å². The molecule has 1 radical (unpaired) electrons. The van der Waals surface area contributed by atoms with Gasteiger partial charge in [0.15, 0.2) is 0 Å². The SMILES string of the molecule is N.[AlH2][Ir].[InH3].[Sc].[Sm]. The first-order valence-electron chi connectivity index (χ1n) is 0.333. The van der Waals surface area contributed by atoms with E-state index in [2.05, 4.69) is 16.8 Å². The van der Waals surface area contributed by atoms with E-state index in [1.807, 2.05) is 0 Å². The minimum absolute atomic E-state index is 0. The van der Waals surface area contributed by atoms with E-state index in [1.165, 1.54) is 13.8 Å². The maximum atomic E-state index is 2.14. The van der Waals surface area contributed by atoms with Crippen molar-refractivity contribution in [1.29, 1.82) is 0 Å². The fourth-order valence-corrected chi connectivity index (χ4v) is 0. The Morgan fingerprint density at radius 3 is 1.17 bits per heavy atom. The molecule has 0 aliphatic carbocycles.